The molecule has 1 rings (SSSR count). The molecule has 0 aromatic rings. The van der Waals surface area contributed by atoms with Crippen LogP contribution < -0.4 is 10.9 Å². The van der Waals surface area contributed by atoms with E-state index in [1.807, 2.05) is 20.8 Å². The second kappa shape index (κ2) is 5.71. The maximum atomic E-state index is 11.5. The van der Waals surface area contributed by atoms with Crippen molar-refractivity contribution in [3.63, 3.8) is 0 Å². The number of amides is 1. The van der Waals surface area contributed by atoms with Crippen molar-refractivity contribution in [3.8, 4) is 0 Å². The first-order valence-corrected chi connectivity index (χ1v) is 6.52. The van der Waals surface area contributed by atoms with E-state index in [4.69, 9.17) is 4.74 Å². The van der Waals surface area contributed by atoms with E-state index in [9.17, 15) is 4.79 Å². The van der Waals surface area contributed by atoms with Crippen LogP contribution in [0, 0.1) is 11.8 Å². The molecule has 4 nitrogen and oxygen atoms in total. The molecule has 1 saturated carbocycles. The van der Waals surface area contributed by atoms with E-state index in [0.717, 1.165) is 12.3 Å². The highest BCUT2D eigenvalue weighted by Gasteiger charge is 2.26. The fourth-order valence-electron chi connectivity index (χ4n) is 2.19. The van der Waals surface area contributed by atoms with Crippen LogP contribution in [0.25, 0.3) is 0 Å². The number of carbonyl (C=O) groups excluding carboxylic acids is 1. The molecule has 0 aromatic heterocycles. The summed E-state index contributed by atoms with van der Waals surface area (Å²) in [6.45, 7) is 10.1. The lowest BCUT2D eigenvalue weighted by Crippen LogP contribution is -2.50. The average Bonchev–Trinajstić information content (AvgIpc) is 2.17. The summed E-state index contributed by atoms with van der Waals surface area (Å²) in [6, 6.07) is 0.353. The number of nitrogens with one attached hydrogen (secondary N) is 2. The number of hydrazine groups is 1. The molecule has 1 amide bonds. The standard InChI is InChI=1S/C13H26N2O2/c1-9-6-7-10(2)11(8-9)14-15-12(16)17-13(3,4)5/h9-11,14H,6-8H2,1-5H3,(H,15,16). The Bertz CT molecular complexity index is 261. The number of ether oxygens (including phenoxy) is 1. The smallest absolute Gasteiger partial charge is 0.422 e. The average molecular weight is 242 g/mol. The predicted octanol–water partition coefficient (Wildman–Crippen LogP) is 2.84. The van der Waals surface area contributed by atoms with Gasteiger partial charge < -0.3 is 4.74 Å². The molecule has 0 heterocycles. The number of hydrogen-bond donors (Lipinski definition) is 2. The summed E-state index contributed by atoms with van der Waals surface area (Å²) < 4.78 is 5.18. The van der Waals surface area contributed by atoms with Gasteiger partial charge in [0.05, 0.1) is 0 Å². The first kappa shape index (κ1) is 14.3. The molecule has 0 aromatic carbocycles. The fraction of sp³-hybridized carbons (Fsp3) is 0.923. The summed E-state index contributed by atoms with van der Waals surface area (Å²) in [5.41, 5.74) is 5.30. The molecule has 17 heavy (non-hydrogen) atoms. The van der Waals surface area contributed by atoms with Crippen molar-refractivity contribution < 1.29 is 9.53 Å². The minimum Gasteiger partial charge on any atom is -0.443 e. The lowest BCUT2D eigenvalue weighted by Gasteiger charge is -2.33. The Hall–Kier alpha value is -0.770. The van der Waals surface area contributed by atoms with Gasteiger partial charge in [0.15, 0.2) is 0 Å². The van der Waals surface area contributed by atoms with Crippen molar-refractivity contribution >= 4 is 6.09 Å². The van der Waals surface area contributed by atoms with Gasteiger partial charge in [-0.05, 0) is 45.4 Å². The third-order valence-corrected chi connectivity index (χ3v) is 3.22. The van der Waals surface area contributed by atoms with Crippen LogP contribution in [0.15, 0.2) is 0 Å². The van der Waals surface area contributed by atoms with E-state index in [1.54, 1.807) is 0 Å². The summed E-state index contributed by atoms with van der Waals surface area (Å²) in [5.74, 6) is 1.32. The van der Waals surface area contributed by atoms with Crippen molar-refractivity contribution in [3.05, 3.63) is 0 Å². The maximum absolute atomic E-state index is 11.5. The van der Waals surface area contributed by atoms with Crippen LogP contribution in [0.1, 0.15) is 53.9 Å². The summed E-state index contributed by atoms with van der Waals surface area (Å²) in [7, 11) is 0. The largest absolute Gasteiger partial charge is 0.443 e. The first-order chi connectivity index (χ1) is 7.78. The molecule has 3 atom stereocenters. The molecule has 100 valence electrons. The van der Waals surface area contributed by atoms with Gasteiger partial charge in [0, 0.05) is 6.04 Å². The molecular formula is C13H26N2O2. The normalized spacial score (nSPS) is 29.8. The number of rotatable bonds is 2. The van der Waals surface area contributed by atoms with Crippen LogP contribution in [-0.4, -0.2) is 17.7 Å². The molecule has 0 bridgehead atoms. The van der Waals surface area contributed by atoms with Gasteiger partial charge in [-0.25, -0.2) is 10.2 Å². The molecule has 1 fully saturated rings. The van der Waals surface area contributed by atoms with Gasteiger partial charge in [0.1, 0.15) is 5.60 Å². The summed E-state index contributed by atoms with van der Waals surface area (Å²) in [5, 5.41) is 0. The molecule has 4 heteroatoms. The second-order valence-electron chi connectivity index (χ2n) is 6.27. The van der Waals surface area contributed by atoms with Crippen molar-refractivity contribution in [1.82, 2.24) is 10.9 Å². The topological polar surface area (TPSA) is 50.4 Å². The van der Waals surface area contributed by atoms with E-state index in [0.29, 0.717) is 12.0 Å². The highest BCUT2D eigenvalue weighted by Crippen LogP contribution is 2.27. The Balaban J connectivity index is 2.32. The molecule has 3 unspecified atom stereocenters. The summed E-state index contributed by atoms with van der Waals surface area (Å²) in [6.07, 6.45) is 3.21. The van der Waals surface area contributed by atoms with Crippen LogP contribution >= 0.6 is 0 Å². The first-order valence-electron chi connectivity index (χ1n) is 6.52. The monoisotopic (exact) mass is 242 g/mol. The van der Waals surface area contributed by atoms with Crippen molar-refractivity contribution in [2.45, 2.75) is 65.5 Å². The van der Waals surface area contributed by atoms with Gasteiger partial charge in [0.25, 0.3) is 0 Å². The van der Waals surface area contributed by atoms with E-state index in [1.165, 1.54) is 12.8 Å². The van der Waals surface area contributed by atoms with E-state index < -0.39 is 11.7 Å². The van der Waals surface area contributed by atoms with E-state index >= 15 is 0 Å². The van der Waals surface area contributed by atoms with E-state index in [-0.39, 0.29) is 0 Å². The number of hydrogen-bond acceptors (Lipinski definition) is 3. The fourth-order valence-corrected chi connectivity index (χ4v) is 2.19. The summed E-state index contributed by atoms with van der Waals surface area (Å²) >= 11 is 0. The highest BCUT2D eigenvalue weighted by atomic mass is 16.6. The molecular weight excluding hydrogens is 216 g/mol. The Kier molecular flexibility index (Phi) is 4.80. The second-order valence-corrected chi connectivity index (χ2v) is 6.27. The molecule has 2 N–H and O–H groups in total. The Morgan fingerprint density at radius 3 is 2.47 bits per heavy atom. The Labute approximate surface area is 104 Å². The number of carbonyl (C=O) groups is 1. The van der Waals surface area contributed by atoms with Crippen LogP contribution in [0.3, 0.4) is 0 Å². The highest BCUT2D eigenvalue weighted by molar-refractivity contribution is 5.67. The van der Waals surface area contributed by atoms with Crippen molar-refractivity contribution in [2.24, 2.45) is 11.8 Å². The molecule has 0 saturated heterocycles. The van der Waals surface area contributed by atoms with Gasteiger partial charge in [-0.3, -0.25) is 5.43 Å². The summed E-state index contributed by atoms with van der Waals surface area (Å²) in [4.78, 5) is 11.5. The quantitative estimate of drug-likeness (QED) is 0.732. The lowest BCUT2D eigenvalue weighted by atomic mass is 9.80. The molecule has 0 aliphatic heterocycles. The zero-order chi connectivity index (χ0) is 13.1. The van der Waals surface area contributed by atoms with Gasteiger partial charge in [0.2, 0.25) is 0 Å². The lowest BCUT2D eigenvalue weighted by molar-refractivity contribution is 0.0467. The van der Waals surface area contributed by atoms with Crippen LogP contribution in [-0.2, 0) is 4.74 Å². The zero-order valence-electron chi connectivity index (χ0n) is 11.7. The van der Waals surface area contributed by atoms with Crippen LogP contribution in [0.5, 0.6) is 0 Å². The molecule has 0 spiro atoms. The van der Waals surface area contributed by atoms with Crippen LogP contribution in [0.2, 0.25) is 0 Å². The Morgan fingerprint density at radius 1 is 1.24 bits per heavy atom. The van der Waals surface area contributed by atoms with E-state index in [2.05, 4.69) is 24.7 Å². The SMILES string of the molecule is CC1CCC(C)C(NNC(=O)OC(C)(C)C)C1. The van der Waals surface area contributed by atoms with Crippen molar-refractivity contribution in [2.75, 3.05) is 0 Å². The maximum Gasteiger partial charge on any atom is 0.422 e. The van der Waals surface area contributed by atoms with Crippen molar-refractivity contribution in [1.29, 1.82) is 0 Å². The molecule has 1 aliphatic carbocycles. The van der Waals surface area contributed by atoms with Gasteiger partial charge in [-0.2, -0.15) is 0 Å². The van der Waals surface area contributed by atoms with Gasteiger partial charge in [-0.15, -0.1) is 0 Å². The van der Waals surface area contributed by atoms with Gasteiger partial charge in [-0.1, -0.05) is 20.3 Å². The minimum absolute atomic E-state index is 0.353. The van der Waals surface area contributed by atoms with Crippen LogP contribution in [0.4, 0.5) is 4.79 Å². The predicted molar refractivity (Wildman–Crippen MR) is 68.5 cm³/mol. The third kappa shape index (κ3) is 5.39. The molecule has 0 radical (unpaired) electrons. The Morgan fingerprint density at radius 2 is 1.88 bits per heavy atom. The third-order valence-electron chi connectivity index (χ3n) is 3.22. The zero-order valence-corrected chi connectivity index (χ0v) is 11.7. The molecule has 1 aliphatic rings. The van der Waals surface area contributed by atoms with Gasteiger partial charge >= 0.3 is 6.09 Å². The minimum atomic E-state index is -0.447.